The molecule has 5 nitrogen and oxygen atoms in total. The lowest BCUT2D eigenvalue weighted by atomic mass is 9.96. The number of nitrogens with zero attached hydrogens (tertiary/aromatic N) is 1. The lowest BCUT2D eigenvalue weighted by molar-refractivity contribution is 0.0992. The molecule has 22 heavy (non-hydrogen) atoms. The van der Waals surface area contributed by atoms with Gasteiger partial charge in [0.2, 0.25) is 0 Å². The Morgan fingerprint density at radius 3 is 2.77 bits per heavy atom. The number of hydrogen-bond donors (Lipinski definition) is 3. The second-order valence-corrected chi connectivity index (χ2v) is 5.98. The Kier molecular flexibility index (Phi) is 4.95. The first-order chi connectivity index (χ1) is 10.8. The second kappa shape index (κ2) is 7.11. The maximum absolute atomic E-state index is 9.39. The van der Waals surface area contributed by atoms with Gasteiger partial charge in [-0.05, 0) is 37.3 Å². The van der Waals surface area contributed by atoms with E-state index in [4.69, 9.17) is 4.74 Å². The van der Waals surface area contributed by atoms with Crippen LogP contribution in [-0.4, -0.2) is 35.9 Å². The van der Waals surface area contributed by atoms with Gasteiger partial charge in [-0.15, -0.1) is 0 Å². The van der Waals surface area contributed by atoms with E-state index in [0.29, 0.717) is 24.8 Å². The van der Waals surface area contributed by atoms with Crippen molar-refractivity contribution in [1.29, 1.82) is 0 Å². The van der Waals surface area contributed by atoms with Crippen molar-refractivity contribution < 1.29 is 9.84 Å². The fraction of sp³-hybridized carbons (Fsp3) is 0.588. The molecule has 0 aromatic heterocycles. The fourth-order valence-corrected chi connectivity index (χ4v) is 3.32. The van der Waals surface area contributed by atoms with Gasteiger partial charge in [-0.2, -0.15) is 0 Å². The second-order valence-electron chi connectivity index (χ2n) is 5.98. The van der Waals surface area contributed by atoms with Gasteiger partial charge in [0.05, 0.1) is 31.4 Å². The summed E-state index contributed by atoms with van der Waals surface area (Å²) in [5, 5.41) is 16.2. The van der Waals surface area contributed by atoms with Crippen LogP contribution in [0.15, 0.2) is 29.3 Å². The molecule has 0 saturated carbocycles. The number of hydrogen-bond acceptors (Lipinski definition) is 3. The lowest BCUT2D eigenvalue weighted by Crippen LogP contribution is -2.47. The highest BCUT2D eigenvalue weighted by Gasteiger charge is 2.41. The summed E-state index contributed by atoms with van der Waals surface area (Å²) >= 11 is 0. The van der Waals surface area contributed by atoms with Gasteiger partial charge in [0.15, 0.2) is 5.96 Å². The Balaban J connectivity index is 1.65. The molecule has 1 aromatic carbocycles. The molecule has 3 rings (SSSR count). The van der Waals surface area contributed by atoms with Crippen molar-refractivity contribution in [2.45, 2.75) is 57.6 Å². The van der Waals surface area contributed by atoms with E-state index < -0.39 is 0 Å². The Morgan fingerprint density at radius 2 is 2.14 bits per heavy atom. The van der Waals surface area contributed by atoms with Crippen LogP contribution in [0, 0.1) is 0 Å². The Morgan fingerprint density at radius 1 is 1.32 bits per heavy atom. The first-order valence-corrected chi connectivity index (χ1v) is 8.18. The van der Waals surface area contributed by atoms with Crippen LogP contribution in [0.3, 0.4) is 0 Å². The number of nitrogens with one attached hydrogen (secondary N) is 2. The molecule has 0 radical (unpaired) electrons. The van der Waals surface area contributed by atoms with Crippen LogP contribution >= 0.6 is 0 Å². The Labute approximate surface area is 131 Å². The SMILES string of the molecule is CCNC(=NCc1ccccc1CO)NC1CC2CCC1O2. The third kappa shape index (κ3) is 3.42. The number of ether oxygens (including phenoxy) is 1. The highest BCUT2D eigenvalue weighted by molar-refractivity contribution is 5.80. The number of aliphatic hydroxyl groups is 1. The topological polar surface area (TPSA) is 65.9 Å². The highest BCUT2D eigenvalue weighted by atomic mass is 16.5. The maximum atomic E-state index is 9.39. The molecule has 2 heterocycles. The van der Waals surface area contributed by atoms with Crippen LogP contribution in [0.2, 0.25) is 0 Å². The van der Waals surface area contributed by atoms with Crippen LogP contribution in [0.4, 0.5) is 0 Å². The molecule has 3 unspecified atom stereocenters. The molecule has 1 aromatic rings. The summed E-state index contributed by atoms with van der Waals surface area (Å²) in [4.78, 5) is 4.67. The summed E-state index contributed by atoms with van der Waals surface area (Å²) in [6.07, 6.45) is 4.18. The van der Waals surface area contributed by atoms with Crippen LogP contribution in [-0.2, 0) is 17.9 Å². The van der Waals surface area contributed by atoms with Crippen LogP contribution in [0.5, 0.6) is 0 Å². The minimum Gasteiger partial charge on any atom is -0.392 e. The van der Waals surface area contributed by atoms with Crippen molar-refractivity contribution in [3.63, 3.8) is 0 Å². The molecule has 0 spiro atoms. The van der Waals surface area contributed by atoms with Crippen molar-refractivity contribution in [3.8, 4) is 0 Å². The van der Waals surface area contributed by atoms with Crippen molar-refractivity contribution in [3.05, 3.63) is 35.4 Å². The van der Waals surface area contributed by atoms with Crippen molar-refractivity contribution in [2.75, 3.05) is 6.54 Å². The summed E-state index contributed by atoms with van der Waals surface area (Å²) in [6, 6.07) is 8.24. The summed E-state index contributed by atoms with van der Waals surface area (Å²) in [5.41, 5.74) is 2.00. The predicted molar refractivity (Wildman–Crippen MR) is 86.6 cm³/mol. The maximum Gasteiger partial charge on any atom is 0.191 e. The first-order valence-electron chi connectivity index (χ1n) is 8.18. The molecular formula is C17H25N3O2. The lowest BCUT2D eigenvalue weighted by Gasteiger charge is -2.22. The zero-order valence-electron chi connectivity index (χ0n) is 13.1. The standard InChI is InChI=1S/C17H25N3O2/c1-2-18-17(20-15-9-14-7-8-16(15)22-14)19-10-12-5-3-4-6-13(12)11-21/h3-6,14-16,21H,2,7-11H2,1H3,(H2,18,19,20). The number of aliphatic hydroxyl groups excluding tert-OH is 1. The summed E-state index contributed by atoms with van der Waals surface area (Å²) < 4.78 is 5.88. The van der Waals surface area contributed by atoms with Gasteiger partial charge in [-0.1, -0.05) is 24.3 Å². The zero-order chi connectivity index (χ0) is 15.4. The van der Waals surface area contributed by atoms with Gasteiger partial charge in [-0.3, -0.25) is 0 Å². The van der Waals surface area contributed by atoms with E-state index in [-0.39, 0.29) is 6.61 Å². The van der Waals surface area contributed by atoms with Gasteiger partial charge >= 0.3 is 0 Å². The highest BCUT2D eigenvalue weighted by Crippen LogP contribution is 2.34. The average molecular weight is 303 g/mol. The summed E-state index contributed by atoms with van der Waals surface area (Å²) in [7, 11) is 0. The van der Waals surface area contributed by atoms with Crippen LogP contribution in [0.25, 0.3) is 0 Å². The molecule has 2 saturated heterocycles. The molecule has 0 aliphatic carbocycles. The summed E-state index contributed by atoms with van der Waals surface area (Å²) in [5.74, 6) is 0.830. The van der Waals surface area contributed by atoms with Gasteiger partial charge in [0.1, 0.15) is 0 Å². The van der Waals surface area contributed by atoms with E-state index in [1.54, 1.807) is 0 Å². The molecule has 3 atom stereocenters. The molecule has 2 aliphatic rings. The number of guanidine groups is 1. The van der Waals surface area contributed by atoms with Crippen LogP contribution in [0.1, 0.15) is 37.3 Å². The Bertz CT molecular complexity index is 532. The third-order valence-electron chi connectivity index (χ3n) is 4.47. The van der Waals surface area contributed by atoms with Crippen molar-refractivity contribution in [2.24, 2.45) is 4.99 Å². The third-order valence-corrected chi connectivity index (χ3v) is 4.47. The van der Waals surface area contributed by atoms with Crippen molar-refractivity contribution in [1.82, 2.24) is 10.6 Å². The molecule has 2 aliphatic heterocycles. The monoisotopic (exact) mass is 303 g/mol. The number of aliphatic imine (C=N–C) groups is 1. The molecule has 0 amide bonds. The molecule has 3 N–H and O–H groups in total. The minimum absolute atomic E-state index is 0.0515. The average Bonchev–Trinajstić information content (AvgIpc) is 3.16. The van der Waals surface area contributed by atoms with Gasteiger partial charge in [0, 0.05) is 6.54 Å². The van der Waals surface area contributed by atoms with E-state index in [0.717, 1.165) is 36.5 Å². The molecule has 120 valence electrons. The van der Waals surface area contributed by atoms with E-state index in [9.17, 15) is 5.11 Å². The molecule has 2 fully saturated rings. The first kappa shape index (κ1) is 15.3. The Hall–Kier alpha value is -1.59. The summed E-state index contributed by atoms with van der Waals surface area (Å²) in [6.45, 7) is 3.51. The van der Waals surface area contributed by atoms with E-state index >= 15 is 0 Å². The zero-order valence-corrected chi connectivity index (χ0v) is 13.1. The number of fused-ring (bicyclic) bond motifs is 2. The molecular weight excluding hydrogens is 278 g/mol. The normalized spacial score (nSPS) is 27.2. The number of rotatable bonds is 5. The van der Waals surface area contributed by atoms with Gasteiger partial charge in [0.25, 0.3) is 0 Å². The quantitative estimate of drug-likeness (QED) is 0.570. The van der Waals surface area contributed by atoms with Gasteiger partial charge in [-0.25, -0.2) is 4.99 Å². The van der Waals surface area contributed by atoms with Crippen LogP contribution < -0.4 is 10.6 Å². The molecule has 5 heteroatoms. The molecule has 2 bridgehead atoms. The van der Waals surface area contributed by atoms with E-state index in [1.165, 1.54) is 6.42 Å². The smallest absolute Gasteiger partial charge is 0.191 e. The number of benzene rings is 1. The predicted octanol–water partition coefficient (Wildman–Crippen LogP) is 1.55. The van der Waals surface area contributed by atoms with Gasteiger partial charge < -0.3 is 20.5 Å². The minimum atomic E-state index is 0.0515. The van der Waals surface area contributed by atoms with E-state index in [2.05, 4.69) is 22.5 Å². The fourth-order valence-electron chi connectivity index (χ4n) is 3.32. The largest absolute Gasteiger partial charge is 0.392 e. The van der Waals surface area contributed by atoms with E-state index in [1.807, 2.05) is 24.3 Å². The van der Waals surface area contributed by atoms with Crippen molar-refractivity contribution >= 4 is 5.96 Å².